The van der Waals surface area contributed by atoms with Crippen LogP contribution < -0.4 is 10.6 Å². The molecule has 0 radical (unpaired) electrons. The zero-order chi connectivity index (χ0) is 13.8. The Balaban J connectivity index is 2.19. The normalized spacial score (nSPS) is 10.2. The summed E-state index contributed by atoms with van der Waals surface area (Å²) in [5.41, 5.74) is 8.21. The number of rotatable bonds is 4. The standard InChI is InChI=1S/C14H15ClN4/c1-19(13-5-6-18-8-12(13)15)9-10-3-2-4-11(7-10)14(16)17/h2-8H,9H2,1H3,(H3,16,17). The van der Waals surface area contributed by atoms with Crippen LogP contribution in [0.4, 0.5) is 5.69 Å². The summed E-state index contributed by atoms with van der Waals surface area (Å²) in [5, 5.41) is 8.07. The molecule has 19 heavy (non-hydrogen) atoms. The average Bonchev–Trinajstić information content (AvgIpc) is 2.39. The van der Waals surface area contributed by atoms with Crippen LogP contribution in [0.3, 0.4) is 0 Å². The summed E-state index contributed by atoms with van der Waals surface area (Å²) in [7, 11) is 1.96. The number of hydrogen-bond donors (Lipinski definition) is 2. The van der Waals surface area contributed by atoms with Crippen molar-refractivity contribution in [2.75, 3.05) is 11.9 Å². The fourth-order valence-corrected chi connectivity index (χ4v) is 2.14. The highest BCUT2D eigenvalue weighted by atomic mass is 35.5. The van der Waals surface area contributed by atoms with Crippen LogP contribution in [0.5, 0.6) is 0 Å². The van der Waals surface area contributed by atoms with Gasteiger partial charge < -0.3 is 10.6 Å². The highest BCUT2D eigenvalue weighted by Gasteiger charge is 2.07. The molecule has 4 nitrogen and oxygen atoms in total. The highest BCUT2D eigenvalue weighted by molar-refractivity contribution is 6.33. The molecule has 0 fully saturated rings. The van der Waals surface area contributed by atoms with Crippen molar-refractivity contribution in [2.45, 2.75) is 6.54 Å². The van der Waals surface area contributed by atoms with Gasteiger partial charge in [0.15, 0.2) is 0 Å². The zero-order valence-corrected chi connectivity index (χ0v) is 11.4. The Kier molecular flexibility index (Phi) is 4.02. The number of nitrogens with one attached hydrogen (secondary N) is 1. The van der Waals surface area contributed by atoms with Crippen molar-refractivity contribution < 1.29 is 0 Å². The summed E-state index contributed by atoms with van der Waals surface area (Å²) in [6.45, 7) is 0.685. The molecule has 1 heterocycles. The van der Waals surface area contributed by atoms with Gasteiger partial charge in [-0.25, -0.2) is 0 Å². The number of hydrogen-bond acceptors (Lipinski definition) is 3. The molecule has 0 aliphatic rings. The van der Waals surface area contributed by atoms with Gasteiger partial charge in [0.1, 0.15) is 5.84 Å². The molecule has 2 aromatic rings. The molecule has 0 aliphatic carbocycles. The Bertz CT molecular complexity index is 598. The van der Waals surface area contributed by atoms with Gasteiger partial charge in [0.25, 0.3) is 0 Å². The van der Waals surface area contributed by atoms with Crippen LogP contribution in [-0.4, -0.2) is 17.9 Å². The van der Waals surface area contributed by atoms with Gasteiger partial charge in [0.2, 0.25) is 0 Å². The van der Waals surface area contributed by atoms with Crippen molar-refractivity contribution in [3.63, 3.8) is 0 Å². The van der Waals surface area contributed by atoms with Crippen molar-refractivity contribution in [3.8, 4) is 0 Å². The quantitative estimate of drug-likeness (QED) is 0.665. The number of amidine groups is 1. The van der Waals surface area contributed by atoms with E-state index in [4.69, 9.17) is 22.7 Å². The van der Waals surface area contributed by atoms with E-state index in [0.29, 0.717) is 11.6 Å². The third-order valence-corrected chi connectivity index (χ3v) is 3.11. The van der Waals surface area contributed by atoms with Crippen LogP contribution >= 0.6 is 11.6 Å². The van der Waals surface area contributed by atoms with Crippen molar-refractivity contribution in [2.24, 2.45) is 5.73 Å². The molecule has 0 spiro atoms. The lowest BCUT2D eigenvalue weighted by molar-refractivity contribution is 0.920. The highest BCUT2D eigenvalue weighted by Crippen LogP contribution is 2.24. The minimum atomic E-state index is 0.0754. The lowest BCUT2D eigenvalue weighted by Crippen LogP contribution is -2.18. The second-order valence-electron chi connectivity index (χ2n) is 4.30. The van der Waals surface area contributed by atoms with Gasteiger partial charge in [-0.1, -0.05) is 29.8 Å². The third-order valence-electron chi connectivity index (χ3n) is 2.82. The predicted octanol–water partition coefficient (Wildman–Crippen LogP) is 2.66. The lowest BCUT2D eigenvalue weighted by Gasteiger charge is -2.20. The van der Waals surface area contributed by atoms with Crippen molar-refractivity contribution in [1.82, 2.24) is 4.98 Å². The Morgan fingerprint density at radius 3 is 2.89 bits per heavy atom. The number of halogens is 1. The molecule has 0 saturated heterocycles. The SMILES string of the molecule is CN(Cc1cccc(C(=N)N)c1)c1ccncc1Cl. The van der Waals surface area contributed by atoms with E-state index in [-0.39, 0.29) is 5.84 Å². The minimum Gasteiger partial charge on any atom is -0.384 e. The summed E-state index contributed by atoms with van der Waals surface area (Å²) >= 11 is 6.11. The monoisotopic (exact) mass is 274 g/mol. The molecule has 0 unspecified atom stereocenters. The molecular weight excluding hydrogens is 260 g/mol. The average molecular weight is 275 g/mol. The van der Waals surface area contributed by atoms with Gasteiger partial charge in [-0.3, -0.25) is 10.4 Å². The summed E-state index contributed by atoms with van der Waals surface area (Å²) < 4.78 is 0. The maximum atomic E-state index is 7.45. The number of benzene rings is 1. The molecule has 0 bridgehead atoms. The van der Waals surface area contributed by atoms with Crippen LogP contribution in [0, 0.1) is 5.41 Å². The first-order valence-corrected chi connectivity index (χ1v) is 6.19. The maximum Gasteiger partial charge on any atom is 0.122 e. The third kappa shape index (κ3) is 3.23. The maximum absolute atomic E-state index is 7.45. The van der Waals surface area contributed by atoms with E-state index in [1.807, 2.05) is 42.3 Å². The van der Waals surface area contributed by atoms with E-state index < -0.39 is 0 Å². The molecule has 0 aliphatic heterocycles. The Labute approximate surface area is 117 Å². The van der Waals surface area contributed by atoms with Crippen LogP contribution in [0.2, 0.25) is 5.02 Å². The first-order valence-electron chi connectivity index (χ1n) is 5.82. The number of aromatic nitrogens is 1. The minimum absolute atomic E-state index is 0.0754. The lowest BCUT2D eigenvalue weighted by atomic mass is 10.1. The van der Waals surface area contributed by atoms with Crippen LogP contribution in [-0.2, 0) is 6.54 Å². The fourth-order valence-electron chi connectivity index (χ4n) is 1.87. The van der Waals surface area contributed by atoms with E-state index in [1.165, 1.54) is 0 Å². The van der Waals surface area contributed by atoms with Gasteiger partial charge in [-0.2, -0.15) is 0 Å². The summed E-state index contributed by atoms with van der Waals surface area (Å²) in [5.74, 6) is 0.0754. The van der Waals surface area contributed by atoms with Crippen molar-refractivity contribution in [3.05, 3.63) is 58.9 Å². The van der Waals surface area contributed by atoms with Crippen LogP contribution in [0.15, 0.2) is 42.7 Å². The molecular formula is C14H15ClN4. The predicted molar refractivity (Wildman–Crippen MR) is 78.8 cm³/mol. The van der Waals surface area contributed by atoms with Gasteiger partial charge in [0.05, 0.1) is 10.7 Å². The number of nitrogen functional groups attached to an aromatic ring is 1. The molecule has 0 saturated carbocycles. The molecule has 3 N–H and O–H groups in total. The largest absolute Gasteiger partial charge is 0.384 e. The van der Waals surface area contributed by atoms with Gasteiger partial charge >= 0.3 is 0 Å². The van der Waals surface area contributed by atoms with E-state index in [0.717, 1.165) is 16.8 Å². The van der Waals surface area contributed by atoms with Crippen LogP contribution in [0.1, 0.15) is 11.1 Å². The first-order chi connectivity index (χ1) is 9.08. The summed E-state index contributed by atoms with van der Waals surface area (Å²) in [6, 6.07) is 9.50. The molecule has 1 aromatic carbocycles. The van der Waals surface area contributed by atoms with Crippen molar-refractivity contribution in [1.29, 1.82) is 5.41 Å². The molecule has 2 rings (SSSR count). The number of nitrogens with zero attached hydrogens (tertiary/aromatic N) is 2. The topological polar surface area (TPSA) is 66.0 Å². The number of anilines is 1. The number of nitrogens with two attached hydrogens (primary N) is 1. The Hall–Kier alpha value is -2.07. The van der Waals surface area contributed by atoms with Crippen molar-refractivity contribution >= 4 is 23.1 Å². The fraction of sp³-hybridized carbons (Fsp3) is 0.143. The first kappa shape index (κ1) is 13.4. The molecule has 98 valence electrons. The smallest absolute Gasteiger partial charge is 0.122 e. The molecule has 0 amide bonds. The summed E-state index contributed by atoms with van der Waals surface area (Å²) in [4.78, 5) is 6.00. The zero-order valence-electron chi connectivity index (χ0n) is 10.6. The Morgan fingerprint density at radius 1 is 1.42 bits per heavy atom. The number of pyridine rings is 1. The second-order valence-corrected chi connectivity index (χ2v) is 4.70. The van der Waals surface area contributed by atoms with Crippen LogP contribution in [0.25, 0.3) is 0 Å². The van der Waals surface area contributed by atoms with Gasteiger partial charge in [-0.15, -0.1) is 0 Å². The van der Waals surface area contributed by atoms with E-state index in [9.17, 15) is 0 Å². The molecule has 5 heteroatoms. The van der Waals surface area contributed by atoms with E-state index >= 15 is 0 Å². The second kappa shape index (κ2) is 5.71. The van der Waals surface area contributed by atoms with E-state index in [2.05, 4.69) is 4.98 Å². The Morgan fingerprint density at radius 2 is 2.21 bits per heavy atom. The molecule has 0 atom stereocenters. The van der Waals surface area contributed by atoms with E-state index in [1.54, 1.807) is 12.4 Å². The molecule has 1 aromatic heterocycles. The van der Waals surface area contributed by atoms with Gasteiger partial charge in [0, 0.05) is 31.5 Å². The summed E-state index contributed by atoms with van der Waals surface area (Å²) in [6.07, 6.45) is 3.34. The van der Waals surface area contributed by atoms with Gasteiger partial charge in [-0.05, 0) is 17.7 Å².